The van der Waals surface area contributed by atoms with Crippen LogP contribution in [-0.2, 0) is 0 Å². The van der Waals surface area contributed by atoms with E-state index in [1.165, 1.54) is 18.2 Å². The van der Waals surface area contributed by atoms with Crippen molar-refractivity contribution in [1.82, 2.24) is 0 Å². The number of allylic oxidation sites excluding steroid dienone is 1. The number of aromatic hydroxyl groups is 1. The molecule has 3 rings (SSSR count). The number of phenolic OH excluding ortho intramolecular Hbond substituents is 1. The van der Waals surface area contributed by atoms with Crippen LogP contribution in [0.1, 0.15) is 15.9 Å². The summed E-state index contributed by atoms with van der Waals surface area (Å²) in [6.07, 6.45) is 3.33. The van der Waals surface area contributed by atoms with Crippen molar-refractivity contribution in [3.63, 3.8) is 0 Å². The molecule has 0 spiro atoms. The number of ether oxygens (including phenoxy) is 1. The quantitative estimate of drug-likeness (QED) is 0.572. The fourth-order valence-electron chi connectivity index (χ4n) is 2.37. The van der Waals surface area contributed by atoms with E-state index in [1.807, 2.05) is 36.4 Å². The van der Waals surface area contributed by atoms with Gasteiger partial charge in [0, 0.05) is 5.56 Å². The van der Waals surface area contributed by atoms with Crippen LogP contribution < -0.4 is 4.74 Å². The molecule has 0 aliphatic heterocycles. The Kier molecular flexibility index (Phi) is 4.11. The minimum absolute atomic E-state index is 0.0974. The molecule has 0 unspecified atom stereocenters. The number of hydrogen-bond acceptors (Lipinski definition) is 3. The Morgan fingerprint density at radius 2 is 1.65 bits per heavy atom. The molecular weight excluding hydrogens is 288 g/mol. The number of methoxy groups -OCH3 is 1. The zero-order valence-corrected chi connectivity index (χ0v) is 12.7. The van der Waals surface area contributed by atoms with Gasteiger partial charge >= 0.3 is 0 Å². The monoisotopic (exact) mass is 304 g/mol. The summed E-state index contributed by atoms with van der Waals surface area (Å²) in [5.41, 5.74) is 1.50. The van der Waals surface area contributed by atoms with E-state index in [9.17, 15) is 9.90 Å². The van der Waals surface area contributed by atoms with Crippen LogP contribution in [0.5, 0.6) is 11.5 Å². The van der Waals surface area contributed by atoms with Gasteiger partial charge in [0.25, 0.3) is 0 Å². The molecule has 0 bridgehead atoms. The highest BCUT2D eigenvalue weighted by atomic mass is 16.5. The SMILES string of the molecule is COc1ccc2cc(/C=C\C(=O)c3ccc(O)cc3)ccc2c1. The maximum absolute atomic E-state index is 12.1. The molecule has 0 heterocycles. The summed E-state index contributed by atoms with van der Waals surface area (Å²) in [4.78, 5) is 12.1. The number of rotatable bonds is 4. The second-order valence-electron chi connectivity index (χ2n) is 5.22. The molecule has 3 nitrogen and oxygen atoms in total. The van der Waals surface area contributed by atoms with Gasteiger partial charge in [0.15, 0.2) is 5.78 Å². The summed E-state index contributed by atoms with van der Waals surface area (Å²) < 4.78 is 5.21. The van der Waals surface area contributed by atoms with E-state index in [0.717, 1.165) is 22.1 Å². The highest BCUT2D eigenvalue weighted by Crippen LogP contribution is 2.22. The minimum atomic E-state index is -0.0974. The third-order valence-corrected chi connectivity index (χ3v) is 3.65. The molecule has 3 aromatic rings. The van der Waals surface area contributed by atoms with Gasteiger partial charge in [-0.2, -0.15) is 0 Å². The molecule has 0 amide bonds. The Bertz CT molecular complexity index is 877. The Labute approximate surface area is 134 Å². The number of carbonyl (C=O) groups excluding carboxylic acids is 1. The number of carbonyl (C=O) groups is 1. The van der Waals surface area contributed by atoms with Crippen molar-refractivity contribution in [3.8, 4) is 11.5 Å². The van der Waals surface area contributed by atoms with Gasteiger partial charge in [-0.05, 0) is 64.9 Å². The van der Waals surface area contributed by atoms with Gasteiger partial charge in [-0.15, -0.1) is 0 Å². The molecule has 3 aromatic carbocycles. The Morgan fingerprint density at radius 1 is 0.957 bits per heavy atom. The van der Waals surface area contributed by atoms with Crippen molar-refractivity contribution in [1.29, 1.82) is 0 Å². The maximum atomic E-state index is 12.1. The smallest absolute Gasteiger partial charge is 0.185 e. The molecule has 3 heteroatoms. The Morgan fingerprint density at radius 3 is 2.39 bits per heavy atom. The average molecular weight is 304 g/mol. The number of fused-ring (bicyclic) bond motifs is 1. The van der Waals surface area contributed by atoms with E-state index >= 15 is 0 Å². The normalized spacial score (nSPS) is 11.0. The zero-order valence-electron chi connectivity index (χ0n) is 12.7. The summed E-state index contributed by atoms with van der Waals surface area (Å²) in [7, 11) is 1.65. The zero-order chi connectivity index (χ0) is 16.2. The highest BCUT2D eigenvalue weighted by molar-refractivity contribution is 6.07. The number of ketones is 1. The van der Waals surface area contributed by atoms with Crippen LogP contribution in [0, 0.1) is 0 Å². The maximum Gasteiger partial charge on any atom is 0.185 e. The molecule has 0 aromatic heterocycles. The first-order chi connectivity index (χ1) is 11.2. The van der Waals surface area contributed by atoms with Crippen molar-refractivity contribution < 1.29 is 14.6 Å². The molecule has 0 saturated carbocycles. The average Bonchev–Trinajstić information content (AvgIpc) is 2.59. The number of benzene rings is 3. The predicted octanol–water partition coefficient (Wildman–Crippen LogP) is 4.45. The van der Waals surface area contributed by atoms with E-state index in [1.54, 1.807) is 25.3 Å². The van der Waals surface area contributed by atoms with Crippen LogP contribution in [0.15, 0.2) is 66.7 Å². The second-order valence-corrected chi connectivity index (χ2v) is 5.22. The summed E-state index contributed by atoms with van der Waals surface area (Å²) in [6, 6.07) is 18.1. The van der Waals surface area contributed by atoms with Crippen LogP contribution in [0.4, 0.5) is 0 Å². The molecule has 114 valence electrons. The van der Waals surface area contributed by atoms with Crippen LogP contribution in [0.2, 0.25) is 0 Å². The summed E-state index contributed by atoms with van der Waals surface area (Å²) in [5, 5.41) is 11.4. The molecule has 0 radical (unpaired) electrons. The van der Waals surface area contributed by atoms with Gasteiger partial charge in [-0.25, -0.2) is 0 Å². The lowest BCUT2D eigenvalue weighted by Crippen LogP contribution is -1.92. The van der Waals surface area contributed by atoms with Crippen molar-refractivity contribution in [2.75, 3.05) is 7.11 Å². The first kappa shape index (κ1) is 14.9. The summed E-state index contributed by atoms with van der Waals surface area (Å²) in [6.45, 7) is 0. The Hall–Kier alpha value is -3.07. The molecule has 0 aliphatic carbocycles. The van der Waals surface area contributed by atoms with Crippen molar-refractivity contribution >= 4 is 22.6 Å². The van der Waals surface area contributed by atoms with Gasteiger partial charge in [0.1, 0.15) is 11.5 Å². The van der Waals surface area contributed by atoms with Gasteiger partial charge in [-0.3, -0.25) is 4.79 Å². The number of hydrogen-bond donors (Lipinski definition) is 1. The molecule has 0 aliphatic rings. The largest absolute Gasteiger partial charge is 0.508 e. The summed E-state index contributed by atoms with van der Waals surface area (Å²) in [5.74, 6) is 0.874. The molecule has 0 saturated heterocycles. The fourth-order valence-corrected chi connectivity index (χ4v) is 2.37. The van der Waals surface area contributed by atoms with E-state index in [2.05, 4.69) is 0 Å². The first-order valence-corrected chi connectivity index (χ1v) is 7.25. The minimum Gasteiger partial charge on any atom is -0.508 e. The topological polar surface area (TPSA) is 46.5 Å². The van der Waals surface area contributed by atoms with E-state index in [4.69, 9.17) is 4.74 Å². The van der Waals surface area contributed by atoms with E-state index < -0.39 is 0 Å². The van der Waals surface area contributed by atoms with Crippen LogP contribution in [0.25, 0.3) is 16.8 Å². The third-order valence-electron chi connectivity index (χ3n) is 3.65. The first-order valence-electron chi connectivity index (χ1n) is 7.25. The van der Waals surface area contributed by atoms with E-state index in [-0.39, 0.29) is 11.5 Å². The lowest BCUT2D eigenvalue weighted by Gasteiger charge is -2.03. The van der Waals surface area contributed by atoms with Crippen molar-refractivity contribution in [2.24, 2.45) is 0 Å². The molecule has 23 heavy (non-hydrogen) atoms. The predicted molar refractivity (Wildman–Crippen MR) is 92.0 cm³/mol. The van der Waals surface area contributed by atoms with Crippen LogP contribution >= 0.6 is 0 Å². The summed E-state index contributed by atoms with van der Waals surface area (Å²) >= 11 is 0. The van der Waals surface area contributed by atoms with Gasteiger partial charge in [-0.1, -0.05) is 24.3 Å². The van der Waals surface area contributed by atoms with Gasteiger partial charge in [0.2, 0.25) is 0 Å². The Balaban J connectivity index is 1.83. The number of phenols is 1. The van der Waals surface area contributed by atoms with E-state index in [0.29, 0.717) is 5.56 Å². The molecule has 0 atom stereocenters. The van der Waals surface area contributed by atoms with Crippen LogP contribution in [0.3, 0.4) is 0 Å². The van der Waals surface area contributed by atoms with Crippen LogP contribution in [-0.4, -0.2) is 18.0 Å². The molecule has 1 N–H and O–H groups in total. The van der Waals surface area contributed by atoms with Gasteiger partial charge in [0.05, 0.1) is 7.11 Å². The standard InChI is InChI=1S/C20H16O3/c1-23-19-10-7-16-12-14(2-4-17(16)13-19)3-11-20(22)15-5-8-18(21)9-6-15/h2-13,21H,1H3/b11-3-. The lowest BCUT2D eigenvalue weighted by atomic mass is 10.0. The lowest BCUT2D eigenvalue weighted by molar-refractivity contribution is 0.104. The second kappa shape index (κ2) is 6.36. The fraction of sp³-hybridized carbons (Fsp3) is 0.0500. The third kappa shape index (κ3) is 3.40. The molecule has 0 fully saturated rings. The van der Waals surface area contributed by atoms with Gasteiger partial charge < -0.3 is 9.84 Å². The van der Waals surface area contributed by atoms with Crippen molar-refractivity contribution in [3.05, 3.63) is 77.9 Å². The molecular formula is C20H16O3. The highest BCUT2D eigenvalue weighted by Gasteiger charge is 2.02. The van der Waals surface area contributed by atoms with Crippen molar-refractivity contribution in [2.45, 2.75) is 0 Å².